The number of halogens is 1. The number of amides is 1. The van der Waals surface area contributed by atoms with Crippen LogP contribution in [0.15, 0.2) is 48.7 Å². The SMILES string of the molecule is CCOc1ccc2nc(NC(=O)c3cnn(-c4ccccc4F)c3C)sc2c1. The van der Waals surface area contributed by atoms with Gasteiger partial charge in [0, 0.05) is 0 Å². The second-order valence-corrected chi connectivity index (χ2v) is 7.07. The minimum Gasteiger partial charge on any atom is -0.494 e. The minimum absolute atomic E-state index is 0.294. The van der Waals surface area contributed by atoms with Crippen LogP contribution in [0.3, 0.4) is 0 Å². The van der Waals surface area contributed by atoms with E-state index < -0.39 is 5.82 Å². The van der Waals surface area contributed by atoms with Crippen LogP contribution in [0.2, 0.25) is 0 Å². The Kier molecular flexibility index (Phi) is 4.79. The molecule has 2 aromatic carbocycles. The molecule has 1 amide bonds. The zero-order valence-corrected chi connectivity index (χ0v) is 16.1. The number of ether oxygens (including phenoxy) is 1. The Hall–Kier alpha value is -3.26. The van der Waals surface area contributed by atoms with Gasteiger partial charge in [0.15, 0.2) is 5.13 Å². The average Bonchev–Trinajstić information content (AvgIpc) is 3.25. The van der Waals surface area contributed by atoms with Crippen molar-refractivity contribution in [2.45, 2.75) is 13.8 Å². The molecule has 2 aromatic heterocycles. The summed E-state index contributed by atoms with van der Waals surface area (Å²) in [5.74, 6) is 0.0136. The van der Waals surface area contributed by atoms with Crippen LogP contribution in [0.1, 0.15) is 23.0 Å². The summed E-state index contributed by atoms with van der Waals surface area (Å²) in [6.07, 6.45) is 1.43. The molecule has 0 aliphatic rings. The van der Waals surface area contributed by atoms with Crippen molar-refractivity contribution < 1.29 is 13.9 Å². The van der Waals surface area contributed by atoms with Crippen LogP contribution in [0.4, 0.5) is 9.52 Å². The van der Waals surface area contributed by atoms with Crippen molar-refractivity contribution in [3.05, 3.63) is 65.7 Å². The van der Waals surface area contributed by atoms with Crippen molar-refractivity contribution in [2.24, 2.45) is 0 Å². The lowest BCUT2D eigenvalue weighted by Crippen LogP contribution is -2.13. The number of anilines is 1. The Morgan fingerprint density at radius 1 is 1.29 bits per heavy atom. The maximum atomic E-state index is 14.0. The molecule has 0 saturated carbocycles. The molecule has 8 heteroatoms. The van der Waals surface area contributed by atoms with Gasteiger partial charge in [-0.2, -0.15) is 5.10 Å². The third-order valence-electron chi connectivity index (χ3n) is 4.23. The van der Waals surface area contributed by atoms with Gasteiger partial charge in [0.05, 0.1) is 34.3 Å². The molecular weight excluding hydrogens is 379 g/mol. The lowest BCUT2D eigenvalue weighted by molar-refractivity contribution is 0.102. The fourth-order valence-electron chi connectivity index (χ4n) is 2.88. The van der Waals surface area contributed by atoms with Crippen molar-refractivity contribution >= 4 is 32.6 Å². The van der Waals surface area contributed by atoms with E-state index in [1.165, 1.54) is 28.3 Å². The van der Waals surface area contributed by atoms with Crippen LogP contribution in [0, 0.1) is 12.7 Å². The maximum absolute atomic E-state index is 14.0. The summed E-state index contributed by atoms with van der Waals surface area (Å²) in [5, 5.41) is 7.44. The molecule has 0 aliphatic heterocycles. The molecule has 4 aromatic rings. The molecule has 0 aliphatic carbocycles. The second kappa shape index (κ2) is 7.40. The molecule has 0 fully saturated rings. The quantitative estimate of drug-likeness (QED) is 0.536. The van der Waals surface area contributed by atoms with Gasteiger partial charge in [0.1, 0.15) is 17.3 Å². The van der Waals surface area contributed by atoms with Gasteiger partial charge >= 0.3 is 0 Å². The summed E-state index contributed by atoms with van der Waals surface area (Å²) in [6.45, 7) is 4.23. The van der Waals surface area contributed by atoms with Crippen LogP contribution in [0.25, 0.3) is 15.9 Å². The molecule has 4 rings (SSSR count). The van der Waals surface area contributed by atoms with Crippen LogP contribution in [0.5, 0.6) is 5.75 Å². The largest absolute Gasteiger partial charge is 0.494 e. The molecule has 142 valence electrons. The molecule has 6 nitrogen and oxygen atoms in total. The van der Waals surface area contributed by atoms with Crippen LogP contribution < -0.4 is 10.1 Å². The average molecular weight is 396 g/mol. The Balaban J connectivity index is 1.59. The highest BCUT2D eigenvalue weighted by Crippen LogP contribution is 2.29. The fraction of sp³-hybridized carbons (Fsp3) is 0.150. The number of para-hydroxylation sites is 1. The van der Waals surface area contributed by atoms with Gasteiger partial charge in [0.25, 0.3) is 5.91 Å². The van der Waals surface area contributed by atoms with E-state index in [0.29, 0.717) is 28.7 Å². The lowest BCUT2D eigenvalue weighted by atomic mass is 10.2. The molecule has 0 saturated heterocycles. The van der Waals surface area contributed by atoms with Crippen molar-refractivity contribution in [2.75, 3.05) is 11.9 Å². The van der Waals surface area contributed by atoms with Gasteiger partial charge in [-0.25, -0.2) is 14.1 Å². The number of benzene rings is 2. The van der Waals surface area contributed by atoms with E-state index >= 15 is 0 Å². The van der Waals surface area contributed by atoms with E-state index in [1.807, 2.05) is 25.1 Å². The predicted molar refractivity (Wildman–Crippen MR) is 107 cm³/mol. The summed E-state index contributed by atoms with van der Waals surface area (Å²) in [4.78, 5) is 17.1. The zero-order valence-electron chi connectivity index (χ0n) is 15.3. The number of aromatic nitrogens is 3. The monoisotopic (exact) mass is 396 g/mol. The van der Waals surface area contributed by atoms with E-state index in [2.05, 4.69) is 15.4 Å². The minimum atomic E-state index is -0.406. The lowest BCUT2D eigenvalue weighted by Gasteiger charge is -2.06. The summed E-state index contributed by atoms with van der Waals surface area (Å²) in [7, 11) is 0. The molecule has 0 bridgehead atoms. The van der Waals surface area contributed by atoms with Crippen molar-refractivity contribution in [1.82, 2.24) is 14.8 Å². The Labute approximate surface area is 164 Å². The highest BCUT2D eigenvalue weighted by atomic mass is 32.1. The number of carbonyl (C=O) groups is 1. The standard InChI is InChI=1S/C20H17FN4O2S/c1-3-27-13-8-9-16-18(10-13)28-20(23-16)24-19(26)14-11-22-25(12(14)2)17-7-5-4-6-15(17)21/h4-11H,3H2,1-2H3,(H,23,24,26). The van der Waals surface area contributed by atoms with Gasteiger partial charge in [-0.15, -0.1) is 0 Å². The zero-order chi connectivity index (χ0) is 19.7. The van der Waals surface area contributed by atoms with Crippen molar-refractivity contribution in [3.63, 3.8) is 0 Å². The maximum Gasteiger partial charge on any atom is 0.260 e. The third kappa shape index (κ3) is 3.34. The number of nitrogens with zero attached hydrogens (tertiary/aromatic N) is 3. The number of rotatable bonds is 5. The topological polar surface area (TPSA) is 69.0 Å². The van der Waals surface area contributed by atoms with Crippen molar-refractivity contribution in [1.29, 1.82) is 0 Å². The number of thiazole rings is 1. The molecule has 0 unspecified atom stereocenters. The summed E-state index contributed by atoms with van der Waals surface area (Å²) >= 11 is 1.36. The van der Waals surface area contributed by atoms with E-state index in [-0.39, 0.29) is 5.91 Å². The molecule has 28 heavy (non-hydrogen) atoms. The molecule has 0 spiro atoms. The number of carbonyl (C=O) groups excluding carboxylic acids is 1. The highest BCUT2D eigenvalue weighted by molar-refractivity contribution is 7.22. The van der Waals surface area contributed by atoms with Gasteiger partial charge in [-0.3, -0.25) is 10.1 Å². The summed E-state index contributed by atoms with van der Waals surface area (Å²) in [5.41, 5.74) is 1.98. The van der Waals surface area contributed by atoms with E-state index in [4.69, 9.17) is 4.74 Å². The van der Waals surface area contributed by atoms with Crippen LogP contribution in [-0.4, -0.2) is 27.3 Å². The smallest absolute Gasteiger partial charge is 0.260 e. The number of nitrogens with one attached hydrogen (secondary N) is 1. The highest BCUT2D eigenvalue weighted by Gasteiger charge is 2.18. The van der Waals surface area contributed by atoms with Crippen LogP contribution >= 0.6 is 11.3 Å². The first kappa shape index (κ1) is 18.1. The Morgan fingerprint density at radius 3 is 2.89 bits per heavy atom. The van der Waals surface area contributed by atoms with Crippen molar-refractivity contribution in [3.8, 4) is 11.4 Å². The van der Waals surface area contributed by atoms with E-state index in [9.17, 15) is 9.18 Å². The van der Waals surface area contributed by atoms with Gasteiger partial charge in [-0.05, 0) is 44.2 Å². The van der Waals surface area contributed by atoms with Crippen LogP contribution in [-0.2, 0) is 0 Å². The number of fused-ring (bicyclic) bond motifs is 1. The molecular formula is C20H17FN4O2S. The summed E-state index contributed by atoms with van der Waals surface area (Å²) in [6, 6.07) is 11.9. The Morgan fingerprint density at radius 2 is 2.11 bits per heavy atom. The summed E-state index contributed by atoms with van der Waals surface area (Å²) < 4.78 is 21.9. The molecule has 2 heterocycles. The van der Waals surface area contributed by atoms with Gasteiger partial charge < -0.3 is 4.74 Å². The Bertz CT molecular complexity index is 1170. The first-order chi connectivity index (χ1) is 13.6. The fourth-order valence-corrected chi connectivity index (χ4v) is 3.77. The third-order valence-corrected chi connectivity index (χ3v) is 5.16. The van der Waals surface area contributed by atoms with E-state index in [1.54, 1.807) is 25.1 Å². The number of hydrogen-bond donors (Lipinski definition) is 1. The normalized spacial score (nSPS) is 11.0. The second-order valence-electron chi connectivity index (χ2n) is 6.04. The first-order valence-corrected chi connectivity index (χ1v) is 9.52. The predicted octanol–water partition coefficient (Wildman–Crippen LogP) is 4.58. The first-order valence-electron chi connectivity index (χ1n) is 8.71. The molecule has 0 radical (unpaired) electrons. The van der Waals surface area contributed by atoms with Gasteiger partial charge in [-0.1, -0.05) is 23.5 Å². The van der Waals surface area contributed by atoms with Gasteiger partial charge in [0.2, 0.25) is 0 Å². The molecule has 1 N–H and O–H groups in total. The van der Waals surface area contributed by atoms with E-state index in [0.717, 1.165) is 16.0 Å². The number of hydrogen-bond acceptors (Lipinski definition) is 5. The molecule has 0 atom stereocenters.